The molecule has 2 aromatic carbocycles. The van der Waals surface area contributed by atoms with E-state index in [2.05, 4.69) is 15.5 Å². The average Bonchev–Trinajstić information content (AvgIpc) is 3.30. The van der Waals surface area contributed by atoms with E-state index in [1.54, 1.807) is 6.07 Å². The summed E-state index contributed by atoms with van der Waals surface area (Å²) in [4.78, 5) is 26.8. The van der Waals surface area contributed by atoms with Gasteiger partial charge in [0.15, 0.2) is 0 Å². The van der Waals surface area contributed by atoms with Gasteiger partial charge in [-0.15, -0.1) is 0 Å². The summed E-state index contributed by atoms with van der Waals surface area (Å²) in [5, 5.41) is 1.08. The fourth-order valence-corrected chi connectivity index (χ4v) is 7.36. The SMILES string of the molecule is CN(CCN)[C@H]1COc2ccccc2-c2c(C3CCCCC3)c3ccc(C(=O)N(C)S(=O)(=O)N(C)CC=O)cc3n2C1. The molecule has 1 amide bonds. The maximum atomic E-state index is 13.6. The van der Waals surface area contributed by atoms with E-state index in [0.717, 1.165) is 45.1 Å². The smallest absolute Gasteiger partial charge is 0.306 e. The van der Waals surface area contributed by atoms with Crippen molar-refractivity contribution < 1.29 is 22.7 Å². The minimum Gasteiger partial charge on any atom is -0.491 e. The van der Waals surface area contributed by atoms with Crippen LogP contribution in [0.2, 0.25) is 0 Å². The second-order valence-corrected chi connectivity index (χ2v) is 13.5. The number of hydrogen-bond donors (Lipinski definition) is 1. The van der Waals surface area contributed by atoms with E-state index in [4.69, 9.17) is 10.5 Å². The van der Waals surface area contributed by atoms with Crippen LogP contribution in [-0.2, 0) is 21.5 Å². The number of carbonyl (C=O) groups is 2. The second kappa shape index (κ2) is 12.5. The molecular weight excluding hydrogens is 554 g/mol. The molecule has 10 nitrogen and oxygen atoms in total. The third kappa shape index (κ3) is 5.58. The highest BCUT2D eigenvalue weighted by Crippen LogP contribution is 2.47. The van der Waals surface area contributed by atoms with Crippen LogP contribution in [0.15, 0.2) is 42.5 Å². The number of nitrogens with two attached hydrogens (primary N) is 1. The molecule has 1 aliphatic carbocycles. The van der Waals surface area contributed by atoms with Crippen molar-refractivity contribution in [3.63, 3.8) is 0 Å². The van der Waals surface area contributed by atoms with E-state index in [0.29, 0.717) is 42.8 Å². The molecule has 0 radical (unpaired) electrons. The zero-order valence-electron chi connectivity index (χ0n) is 24.7. The molecule has 226 valence electrons. The molecule has 1 atom stereocenters. The number of amides is 1. The molecule has 5 rings (SSSR count). The van der Waals surface area contributed by atoms with Crippen LogP contribution in [0.4, 0.5) is 0 Å². The number of nitrogens with zero attached hydrogens (tertiary/aromatic N) is 4. The zero-order chi connectivity index (χ0) is 30.0. The monoisotopic (exact) mass is 595 g/mol. The van der Waals surface area contributed by atoms with Gasteiger partial charge in [-0.3, -0.25) is 9.69 Å². The van der Waals surface area contributed by atoms with Gasteiger partial charge in [-0.25, -0.2) is 4.31 Å². The molecule has 0 saturated heterocycles. The van der Waals surface area contributed by atoms with Crippen molar-refractivity contribution >= 4 is 33.3 Å². The Morgan fingerprint density at radius 1 is 1.10 bits per heavy atom. The molecule has 3 aromatic rings. The van der Waals surface area contributed by atoms with Crippen LogP contribution < -0.4 is 10.5 Å². The molecule has 2 N–H and O–H groups in total. The lowest BCUT2D eigenvalue weighted by atomic mass is 9.81. The molecule has 1 aromatic heterocycles. The molecule has 1 saturated carbocycles. The third-order valence-corrected chi connectivity index (χ3v) is 10.6. The fraction of sp³-hybridized carbons (Fsp3) is 0.484. The quantitative estimate of drug-likeness (QED) is 0.377. The van der Waals surface area contributed by atoms with Gasteiger partial charge in [0.1, 0.15) is 18.6 Å². The van der Waals surface area contributed by atoms with Gasteiger partial charge in [0, 0.05) is 55.8 Å². The summed E-state index contributed by atoms with van der Waals surface area (Å²) in [6.45, 7) is 2.00. The molecular formula is C31H41N5O5S. The Morgan fingerprint density at radius 2 is 1.83 bits per heavy atom. The van der Waals surface area contributed by atoms with Crippen molar-refractivity contribution in [3.8, 4) is 17.0 Å². The van der Waals surface area contributed by atoms with Crippen LogP contribution in [0.25, 0.3) is 22.2 Å². The highest BCUT2D eigenvalue weighted by Gasteiger charge is 2.33. The topological polar surface area (TPSA) is 118 Å². The Kier molecular flexibility index (Phi) is 9.03. The summed E-state index contributed by atoms with van der Waals surface area (Å²) >= 11 is 0. The summed E-state index contributed by atoms with van der Waals surface area (Å²) < 4.78 is 36.3. The van der Waals surface area contributed by atoms with Crippen molar-refractivity contribution in [2.24, 2.45) is 5.73 Å². The van der Waals surface area contributed by atoms with Crippen LogP contribution in [0.1, 0.15) is 53.9 Å². The molecule has 1 fully saturated rings. The largest absolute Gasteiger partial charge is 0.491 e. The molecule has 2 aliphatic rings. The Bertz CT molecular complexity index is 1560. The van der Waals surface area contributed by atoms with E-state index >= 15 is 0 Å². The number of ether oxygens (including phenoxy) is 1. The molecule has 0 spiro atoms. The Balaban J connectivity index is 1.71. The first-order valence-corrected chi connectivity index (χ1v) is 16.1. The summed E-state index contributed by atoms with van der Waals surface area (Å²) in [5.74, 6) is 0.535. The highest BCUT2D eigenvalue weighted by atomic mass is 32.2. The number of benzene rings is 2. The first-order valence-electron chi connectivity index (χ1n) is 14.7. The maximum absolute atomic E-state index is 13.6. The number of likely N-dealkylation sites (N-methyl/N-ethyl adjacent to an activating group) is 2. The number of aldehydes is 1. The van der Waals surface area contributed by atoms with Gasteiger partial charge >= 0.3 is 10.2 Å². The number of para-hydroxylation sites is 1. The lowest BCUT2D eigenvalue weighted by Gasteiger charge is -2.32. The molecule has 0 bridgehead atoms. The number of rotatable bonds is 9. The van der Waals surface area contributed by atoms with Crippen LogP contribution in [-0.4, -0.2) is 92.1 Å². The van der Waals surface area contributed by atoms with Gasteiger partial charge < -0.3 is 19.8 Å². The van der Waals surface area contributed by atoms with E-state index in [1.807, 2.05) is 37.4 Å². The van der Waals surface area contributed by atoms with Gasteiger partial charge in [0.25, 0.3) is 5.91 Å². The van der Waals surface area contributed by atoms with Gasteiger partial charge in [0.2, 0.25) is 0 Å². The van der Waals surface area contributed by atoms with Gasteiger partial charge in [0.05, 0.1) is 18.3 Å². The molecule has 2 heterocycles. The van der Waals surface area contributed by atoms with Gasteiger partial charge in [-0.05, 0) is 55.6 Å². The highest BCUT2D eigenvalue weighted by molar-refractivity contribution is 7.87. The Hall–Kier alpha value is -3.25. The normalized spacial score (nSPS) is 17.8. The Labute approximate surface area is 248 Å². The predicted octanol–water partition coefficient (Wildman–Crippen LogP) is 3.46. The third-order valence-electron chi connectivity index (χ3n) is 8.79. The van der Waals surface area contributed by atoms with E-state index in [-0.39, 0.29) is 18.2 Å². The Morgan fingerprint density at radius 3 is 2.55 bits per heavy atom. The second-order valence-electron chi connectivity index (χ2n) is 11.4. The zero-order valence-corrected chi connectivity index (χ0v) is 25.5. The van der Waals surface area contributed by atoms with E-state index in [9.17, 15) is 18.0 Å². The van der Waals surface area contributed by atoms with Gasteiger partial charge in [-0.1, -0.05) is 37.5 Å². The van der Waals surface area contributed by atoms with E-state index in [1.165, 1.54) is 38.9 Å². The lowest BCUT2D eigenvalue weighted by Crippen LogP contribution is -2.43. The summed E-state index contributed by atoms with van der Waals surface area (Å²) in [7, 11) is 0.389. The fourth-order valence-electron chi connectivity index (χ4n) is 6.38. The van der Waals surface area contributed by atoms with Crippen LogP contribution >= 0.6 is 0 Å². The van der Waals surface area contributed by atoms with Crippen molar-refractivity contribution in [3.05, 3.63) is 53.6 Å². The maximum Gasteiger partial charge on any atom is 0.306 e. The minimum absolute atomic E-state index is 0.0230. The first kappa shape index (κ1) is 30.2. The van der Waals surface area contributed by atoms with Gasteiger partial charge in [-0.2, -0.15) is 12.7 Å². The average molecular weight is 596 g/mol. The standard InChI is InChI=1S/C31H41N5O5S/c1-33(16-15-32)24-20-36-27-19-23(31(38)35(3)42(39,40)34(2)17-18-37)13-14-25(27)29(22-9-5-4-6-10-22)30(36)26-11-7-8-12-28(26)41-21-24/h7-8,11-14,18-19,22,24H,4-6,9-10,15-17,20-21,32H2,1-3H3/t24-/m1/s1. The number of fused-ring (bicyclic) bond motifs is 5. The number of hydrogen-bond acceptors (Lipinski definition) is 7. The van der Waals surface area contributed by atoms with E-state index < -0.39 is 16.1 Å². The van der Waals surface area contributed by atoms with Crippen molar-refractivity contribution in [2.45, 2.75) is 50.6 Å². The van der Waals surface area contributed by atoms with Crippen LogP contribution in [0, 0.1) is 0 Å². The summed E-state index contributed by atoms with van der Waals surface area (Å²) in [5.41, 5.74) is 10.5. The molecule has 1 aliphatic heterocycles. The minimum atomic E-state index is -4.16. The van der Waals surface area contributed by atoms with Crippen molar-refractivity contribution in [1.82, 2.24) is 18.1 Å². The van der Waals surface area contributed by atoms with Crippen LogP contribution in [0.3, 0.4) is 0 Å². The first-order chi connectivity index (χ1) is 20.2. The van der Waals surface area contributed by atoms with Crippen molar-refractivity contribution in [2.75, 3.05) is 47.4 Å². The molecule has 0 unspecified atom stereocenters. The molecule has 42 heavy (non-hydrogen) atoms. The lowest BCUT2D eigenvalue weighted by molar-refractivity contribution is -0.107. The predicted molar refractivity (Wildman–Crippen MR) is 164 cm³/mol. The summed E-state index contributed by atoms with van der Waals surface area (Å²) in [6, 6.07) is 13.7. The van der Waals surface area contributed by atoms with Crippen LogP contribution in [0.5, 0.6) is 5.75 Å². The summed E-state index contributed by atoms with van der Waals surface area (Å²) in [6.07, 6.45) is 6.25. The number of aromatic nitrogens is 1. The molecule has 11 heteroatoms. The number of carbonyl (C=O) groups excluding carboxylic acids is 2. The van der Waals surface area contributed by atoms with Crippen molar-refractivity contribution in [1.29, 1.82) is 0 Å².